The number of hydrogen-bond donors (Lipinski definition) is 1. The van der Waals surface area contributed by atoms with Gasteiger partial charge in [0.15, 0.2) is 0 Å². The third kappa shape index (κ3) is 4.36. The second-order valence-corrected chi connectivity index (χ2v) is 6.85. The van der Waals surface area contributed by atoms with Gasteiger partial charge in [0.05, 0.1) is 6.26 Å². The SMILES string of the molecule is CCSC1CCC(NC(C)CCc2ccco2)C1. The Labute approximate surface area is 115 Å². The monoisotopic (exact) mass is 267 g/mol. The van der Waals surface area contributed by atoms with Crippen molar-refractivity contribution >= 4 is 11.8 Å². The van der Waals surface area contributed by atoms with Gasteiger partial charge in [-0.2, -0.15) is 11.8 Å². The fourth-order valence-electron chi connectivity index (χ4n) is 2.78. The van der Waals surface area contributed by atoms with Crippen LogP contribution in [0.1, 0.15) is 45.3 Å². The molecule has 1 heterocycles. The van der Waals surface area contributed by atoms with Gasteiger partial charge >= 0.3 is 0 Å². The fourth-order valence-corrected chi connectivity index (χ4v) is 3.92. The van der Waals surface area contributed by atoms with Gasteiger partial charge in [0, 0.05) is 23.8 Å². The molecule has 0 aromatic carbocycles. The van der Waals surface area contributed by atoms with E-state index in [9.17, 15) is 0 Å². The largest absolute Gasteiger partial charge is 0.469 e. The topological polar surface area (TPSA) is 25.2 Å². The van der Waals surface area contributed by atoms with Gasteiger partial charge in [-0.1, -0.05) is 6.92 Å². The molecular weight excluding hydrogens is 242 g/mol. The van der Waals surface area contributed by atoms with Crippen LogP contribution < -0.4 is 5.32 Å². The molecule has 1 saturated carbocycles. The number of hydrogen-bond acceptors (Lipinski definition) is 3. The van der Waals surface area contributed by atoms with E-state index in [1.807, 2.05) is 6.07 Å². The van der Waals surface area contributed by atoms with Gasteiger partial charge in [0.25, 0.3) is 0 Å². The third-order valence-corrected chi connectivity index (χ3v) is 4.94. The molecule has 1 aromatic heterocycles. The summed E-state index contributed by atoms with van der Waals surface area (Å²) in [6.45, 7) is 4.56. The summed E-state index contributed by atoms with van der Waals surface area (Å²) in [6.07, 6.45) is 8.06. The summed E-state index contributed by atoms with van der Waals surface area (Å²) in [5, 5.41) is 4.67. The van der Waals surface area contributed by atoms with E-state index in [0.717, 1.165) is 29.9 Å². The summed E-state index contributed by atoms with van der Waals surface area (Å²) >= 11 is 2.13. The van der Waals surface area contributed by atoms with E-state index in [0.29, 0.717) is 6.04 Å². The molecule has 0 saturated heterocycles. The molecule has 0 amide bonds. The summed E-state index contributed by atoms with van der Waals surface area (Å²) in [4.78, 5) is 0. The number of thioether (sulfide) groups is 1. The highest BCUT2D eigenvalue weighted by Gasteiger charge is 2.25. The van der Waals surface area contributed by atoms with Crippen molar-refractivity contribution in [1.82, 2.24) is 5.32 Å². The van der Waals surface area contributed by atoms with E-state index in [4.69, 9.17) is 4.42 Å². The first-order chi connectivity index (χ1) is 8.78. The van der Waals surface area contributed by atoms with Gasteiger partial charge in [-0.15, -0.1) is 0 Å². The van der Waals surface area contributed by atoms with Crippen LogP contribution in [0.25, 0.3) is 0 Å². The van der Waals surface area contributed by atoms with Crippen LogP contribution in [-0.2, 0) is 6.42 Å². The zero-order valence-corrected chi connectivity index (χ0v) is 12.3. The van der Waals surface area contributed by atoms with Crippen molar-refractivity contribution in [1.29, 1.82) is 0 Å². The van der Waals surface area contributed by atoms with Crippen LogP contribution in [0.3, 0.4) is 0 Å². The average Bonchev–Trinajstić information content (AvgIpc) is 2.99. The second-order valence-electron chi connectivity index (χ2n) is 5.27. The van der Waals surface area contributed by atoms with E-state index in [1.165, 1.54) is 25.0 Å². The van der Waals surface area contributed by atoms with Crippen LogP contribution in [0.4, 0.5) is 0 Å². The summed E-state index contributed by atoms with van der Waals surface area (Å²) < 4.78 is 5.37. The van der Waals surface area contributed by atoms with Crippen molar-refractivity contribution in [3.63, 3.8) is 0 Å². The Morgan fingerprint density at radius 1 is 1.50 bits per heavy atom. The van der Waals surface area contributed by atoms with Crippen molar-refractivity contribution in [2.45, 2.75) is 63.3 Å². The van der Waals surface area contributed by atoms with Crippen LogP contribution in [-0.4, -0.2) is 23.1 Å². The Hall–Kier alpha value is -0.410. The van der Waals surface area contributed by atoms with E-state index in [-0.39, 0.29) is 0 Å². The molecule has 2 nitrogen and oxygen atoms in total. The molecule has 1 aliphatic carbocycles. The van der Waals surface area contributed by atoms with Gasteiger partial charge in [-0.25, -0.2) is 0 Å². The van der Waals surface area contributed by atoms with Crippen molar-refractivity contribution in [2.75, 3.05) is 5.75 Å². The molecule has 2 rings (SSSR count). The van der Waals surface area contributed by atoms with Gasteiger partial charge in [-0.3, -0.25) is 0 Å². The predicted molar refractivity (Wildman–Crippen MR) is 79.2 cm³/mol. The minimum atomic E-state index is 0.588. The molecule has 1 aromatic rings. The zero-order chi connectivity index (χ0) is 12.8. The van der Waals surface area contributed by atoms with Gasteiger partial charge in [0.1, 0.15) is 5.76 Å². The summed E-state index contributed by atoms with van der Waals surface area (Å²) in [5.74, 6) is 2.36. The number of nitrogens with one attached hydrogen (secondary N) is 1. The van der Waals surface area contributed by atoms with Crippen LogP contribution >= 0.6 is 11.8 Å². The number of rotatable bonds is 7. The highest BCUT2D eigenvalue weighted by Crippen LogP contribution is 2.30. The molecule has 0 aliphatic heterocycles. The Morgan fingerprint density at radius 3 is 3.11 bits per heavy atom. The first kappa shape index (κ1) is 14.0. The zero-order valence-electron chi connectivity index (χ0n) is 11.5. The van der Waals surface area contributed by atoms with Crippen LogP contribution in [0.5, 0.6) is 0 Å². The lowest BCUT2D eigenvalue weighted by Gasteiger charge is -2.19. The lowest BCUT2D eigenvalue weighted by Crippen LogP contribution is -2.35. The van der Waals surface area contributed by atoms with Crippen molar-refractivity contribution < 1.29 is 4.42 Å². The third-order valence-electron chi connectivity index (χ3n) is 3.71. The van der Waals surface area contributed by atoms with Crippen molar-refractivity contribution in [3.05, 3.63) is 24.2 Å². The fraction of sp³-hybridized carbons (Fsp3) is 0.733. The van der Waals surface area contributed by atoms with Crippen molar-refractivity contribution in [2.24, 2.45) is 0 Å². The molecule has 1 fully saturated rings. The Bertz CT molecular complexity index is 325. The quantitative estimate of drug-likeness (QED) is 0.812. The minimum absolute atomic E-state index is 0.588. The molecule has 0 bridgehead atoms. The van der Waals surface area contributed by atoms with Crippen LogP contribution in [0.2, 0.25) is 0 Å². The predicted octanol–water partition coefficient (Wildman–Crippen LogP) is 3.86. The first-order valence-corrected chi connectivity index (χ1v) is 8.22. The highest BCUT2D eigenvalue weighted by atomic mass is 32.2. The smallest absolute Gasteiger partial charge is 0.103 e. The summed E-state index contributed by atoms with van der Waals surface area (Å²) in [5.41, 5.74) is 0. The Morgan fingerprint density at radius 2 is 2.39 bits per heavy atom. The van der Waals surface area contributed by atoms with E-state index in [2.05, 4.69) is 37.0 Å². The van der Waals surface area contributed by atoms with E-state index >= 15 is 0 Å². The standard InChI is InChI=1S/C15H25NOS/c1-3-18-15-9-7-13(11-15)16-12(2)6-8-14-5-4-10-17-14/h4-5,10,12-13,15-16H,3,6-9,11H2,1-2H3. The summed E-state index contributed by atoms with van der Waals surface area (Å²) in [6, 6.07) is 5.36. The number of furan rings is 1. The maximum absolute atomic E-state index is 5.37. The van der Waals surface area contributed by atoms with E-state index in [1.54, 1.807) is 6.26 Å². The molecule has 0 spiro atoms. The summed E-state index contributed by atoms with van der Waals surface area (Å²) in [7, 11) is 0. The van der Waals surface area contributed by atoms with Crippen LogP contribution in [0, 0.1) is 0 Å². The number of aryl methyl sites for hydroxylation is 1. The maximum Gasteiger partial charge on any atom is 0.103 e. The molecule has 102 valence electrons. The normalized spacial score (nSPS) is 25.4. The molecule has 18 heavy (non-hydrogen) atoms. The lowest BCUT2D eigenvalue weighted by atomic mass is 10.1. The minimum Gasteiger partial charge on any atom is -0.469 e. The first-order valence-electron chi connectivity index (χ1n) is 7.18. The van der Waals surface area contributed by atoms with Gasteiger partial charge in [-0.05, 0) is 50.5 Å². The van der Waals surface area contributed by atoms with E-state index < -0.39 is 0 Å². The highest BCUT2D eigenvalue weighted by molar-refractivity contribution is 7.99. The van der Waals surface area contributed by atoms with Gasteiger partial charge in [0.2, 0.25) is 0 Å². The Kier molecular flexibility index (Phi) is 5.64. The van der Waals surface area contributed by atoms with Crippen LogP contribution in [0.15, 0.2) is 22.8 Å². The molecular formula is C15H25NOS. The molecule has 1 aliphatic rings. The molecule has 3 unspecified atom stereocenters. The average molecular weight is 267 g/mol. The lowest BCUT2D eigenvalue weighted by molar-refractivity contribution is 0.414. The Balaban J connectivity index is 1.64. The van der Waals surface area contributed by atoms with Gasteiger partial charge < -0.3 is 9.73 Å². The van der Waals surface area contributed by atoms with Crippen molar-refractivity contribution in [3.8, 4) is 0 Å². The molecule has 3 atom stereocenters. The second kappa shape index (κ2) is 7.25. The molecule has 0 radical (unpaired) electrons. The molecule has 1 N–H and O–H groups in total. The maximum atomic E-state index is 5.37. The molecule has 3 heteroatoms.